The van der Waals surface area contributed by atoms with Crippen LogP contribution in [0.2, 0.25) is 0 Å². The lowest BCUT2D eigenvalue weighted by molar-refractivity contribution is -0.274. The Bertz CT molecular complexity index is 915. The third-order valence-corrected chi connectivity index (χ3v) is 5.20. The minimum Gasteiger partial charge on any atom is -0.489 e. The first-order valence-corrected chi connectivity index (χ1v) is 9.71. The molecule has 1 fully saturated rings. The Morgan fingerprint density at radius 3 is 2.73 bits per heavy atom. The van der Waals surface area contributed by atoms with E-state index in [1.807, 2.05) is 7.05 Å². The van der Waals surface area contributed by atoms with Crippen molar-refractivity contribution in [2.45, 2.75) is 24.9 Å². The van der Waals surface area contributed by atoms with Crippen molar-refractivity contribution in [1.29, 1.82) is 0 Å². The minimum atomic E-state index is -5.13. The van der Waals surface area contributed by atoms with Crippen LogP contribution in [0.3, 0.4) is 0 Å². The largest absolute Gasteiger partial charge is 0.573 e. The number of thiazole rings is 1. The molecule has 2 aromatic rings. The summed E-state index contributed by atoms with van der Waals surface area (Å²) in [4.78, 5) is 19.4. The number of aromatic nitrogens is 1. The Hall–Kier alpha value is -2.70. The SMILES string of the molecule is C=Nc1c(OC(F)(F)F)c(C(=O)O)cc(-c2nccs2)c1OCC1CC(CNC)N1. The maximum Gasteiger partial charge on any atom is 0.573 e. The molecule has 0 amide bonds. The second-order valence-corrected chi connectivity index (χ2v) is 7.39. The Kier molecular flexibility index (Phi) is 6.58. The molecule has 1 aliphatic rings. The number of likely N-dealkylation sites (N-methyl/N-ethyl adjacent to an activating group) is 1. The maximum absolute atomic E-state index is 13.0. The molecule has 3 N–H and O–H groups in total. The molecule has 0 aliphatic carbocycles. The van der Waals surface area contributed by atoms with Crippen LogP contribution in [-0.2, 0) is 0 Å². The number of hydrogen-bond acceptors (Lipinski definition) is 8. The number of ether oxygens (including phenoxy) is 2. The Morgan fingerprint density at radius 1 is 1.47 bits per heavy atom. The fourth-order valence-electron chi connectivity index (χ4n) is 3.16. The van der Waals surface area contributed by atoms with E-state index in [1.165, 1.54) is 17.5 Å². The van der Waals surface area contributed by atoms with Crippen LogP contribution in [-0.4, -0.2) is 61.4 Å². The summed E-state index contributed by atoms with van der Waals surface area (Å²) >= 11 is 1.18. The molecule has 30 heavy (non-hydrogen) atoms. The van der Waals surface area contributed by atoms with E-state index < -0.39 is 29.3 Å². The molecule has 1 aliphatic heterocycles. The summed E-state index contributed by atoms with van der Waals surface area (Å²) in [5, 5.41) is 17.8. The second kappa shape index (κ2) is 8.98. The molecule has 0 saturated carbocycles. The lowest BCUT2D eigenvalue weighted by Crippen LogP contribution is -2.58. The van der Waals surface area contributed by atoms with Gasteiger partial charge in [-0.1, -0.05) is 0 Å². The summed E-state index contributed by atoms with van der Waals surface area (Å²) in [5.74, 6) is -2.66. The van der Waals surface area contributed by atoms with Crippen molar-refractivity contribution in [1.82, 2.24) is 15.6 Å². The monoisotopic (exact) mass is 444 g/mol. The Morgan fingerprint density at radius 2 is 2.20 bits per heavy atom. The van der Waals surface area contributed by atoms with Crippen LogP contribution < -0.4 is 20.1 Å². The number of rotatable bonds is 9. The van der Waals surface area contributed by atoms with Crippen molar-refractivity contribution in [3.05, 3.63) is 23.2 Å². The fourth-order valence-corrected chi connectivity index (χ4v) is 3.81. The lowest BCUT2D eigenvalue weighted by Gasteiger charge is -2.37. The predicted octanol–water partition coefficient (Wildman–Crippen LogP) is 3.07. The molecule has 2 atom stereocenters. The summed E-state index contributed by atoms with van der Waals surface area (Å²) in [6.45, 7) is 4.20. The highest BCUT2D eigenvalue weighted by Crippen LogP contribution is 2.48. The second-order valence-electron chi connectivity index (χ2n) is 6.49. The van der Waals surface area contributed by atoms with Crippen LogP contribution in [0.4, 0.5) is 18.9 Å². The van der Waals surface area contributed by atoms with Gasteiger partial charge in [0.15, 0.2) is 11.5 Å². The van der Waals surface area contributed by atoms with Crippen molar-refractivity contribution in [3.8, 4) is 22.1 Å². The smallest absolute Gasteiger partial charge is 0.489 e. The molecule has 2 unspecified atom stereocenters. The number of nitrogens with one attached hydrogen (secondary N) is 2. The first-order valence-electron chi connectivity index (χ1n) is 8.83. The number of carbonyl (C=O) groups is 1. The van der Waals surface area contributed by atoms with E-state index in [0.717, 1.165) is 19.0 Å². The van der Waals surface area contributed by atoms with Crippen LogP contribution >= 0.6 is 11.3 Å². The number of carboxylic acid groups (broad SMARTS) is 1. The number of hydrogen-bond donors (Lipinski definition) is 3. The molecule has 1 aromatic carbocycles. The first kappa shape index (κ1) is 22.0. The van der Waals surface area contributed by atoms with Crippen molar-refractivity contribution in [2.75, 3.05) is 20.2 Å². The fraction of sp³-hybridized carbons (Fsp3) is 0.389. The summed E-state index contributed by atoms with van der Waals surface area (Å²) < 4.78 is 48.7. The van der Waals surface area contributed by atoms with E-state index in [2.05, 4.69) is 32.1 Å². The van der Waals surface area contributed by atoms with Gasteiger partial charge < -0.3 is 25.2 Å². The average molecular weight is 444 g/mol. The normalized spacial score (nSPS) is 18.5. The zero-order chi connectivity index (χ0) is 21.9. The zero-order valence-corrected chi connectivity index (χ0v) is 16.6. The standard InChI is InChI=1S/C18H19F3N4O4S/c1-22-7-9-5-10(25-9)8-28-14-11(16-24-3-4-30-16)6-12(17(26)27)15(13(14)23-2)29-18(19,20)21/h3-4,6,9-10,22,25H,2,5,7-8H2,1H3,(H,26,27). The molecular weight excluding hydrogens is 425 g/mol. The van der Waals surface area contributed by atoms with Crippen LogP contribution in [0.1, 0.15) is 16.8 Å². The summed E-state index contributed by atoms with van der Waals surface area (Å²) in [7, 11) is 1.83. The van der Waals surface area contributed by atoms with Crippen molar-refractivity contribution < 1.29 is 32.5 Å². The quantitative estimate of drug-likeness (QED) is 0.511. The van der Waals surface area contributed by atoms with E-state index in [0.29, 0.717) is 5.01 Å². The van der Waals surface area contributed by atoms with Gasteiger partial charge in [0.1, 0.15) is 22.9 Å². The van der Waals surface area contributed by atoms with E-state index in [1.54, 1.807) is 5.38 Å². The summed E-state index contributed by atoms with van der Waals surface area (Å²) in [6, 6.07) is 1.30. The van der Waals surface area contributed by atoms with Gasteiger partial charge in [-0.15, -0.1) is 24.5 Å². The average Bonchev–Trinajstić information content (AvgIpc) is 3.16. The van der Waals surface area contributed by atoms with Gasteiger partial charge in [0.25, 0.3) is 0 Å². The van der Waals surface area contributed by atoms with Gasteiger partial charge in [-0.05, 0) is 26.3 Å². The molecule has 3 rings (SSSR count). The molecular formula is C18H19F3N4O4S. The van der Waals surface area contributed by atoms with Crippen LogP contribution in [0.5, 0.6) is 11.5 Å². The summed E-state index contributed by atoms with van der Waals surface area (Å²) in [6.07, 6.45) is -2.83. The van der Waals surface area contributed by atoms with Crippen molar-refractivity contribution in [2.24, 2.45) is 4.99 Å². The molecule has 1 aromatic heterocycles. The van der Waals surface area contributed by atoms with Crippen molar-refractivity contribution >= 4 is 29.7 Å². The van der Waals surface area contributed by atoms with Gasteiger partial charge in [-0.3, -0.25) is 4.99 Å². The van der Waals surface area contributed by atoms with Gasteiger partial charge in [0, 0.05) is 30.2 Å². The number of aromatic carboxylic acids is 1. The zero-order valence-electron chi connectivity index (χ0n) is 15.8. The molecule has 2 heterocycles. The number of aliphatic imine (C=N–C) groups is 1. The van der Waals surface area contributed by atoms with Crippen LogP contribution in [0.15, 0.2) is 22.6 Å². The van der Waals surface area contributed by atoms with Gasteiger partial charge >= 0.3 is 12.3 Å². The molecule has 8 nitrogen and oxygen atoms in total. The van der Waals surface area contributed by atoms with Gasteiger partial charge in [0.05, 0.1) is 5.56 Å². The molecule has 0 spiro atoms. The number of alkyl halides is 3. The third kappa shape index (κ3) is 4.89. The van der Waals surface area contributed by atoms with Gasteiger partial charge in [-0.25, -0.2) is 9.78 Å². The van der Waals surface area contributed by atoms with Crippen molar-refractivity contribution in [3.63, 3.8) is 0 Å². The molecule has 1 saturated heterocycles. The number of carboxylic acids is 1. The Balaban J connectivity index is 2.02. The molecule has 12 heteroatoms. The van der Waals surface area contributed by atoms with E-state index in [9.17, 15) is 23.1 Å². The third-order valence-electron chi connectivity index (χ3n) is 4.40. The van der Waals surface area contributed by atoms with Gasteiger partial charge in [0.2, 0.25) is 0 Å². The van der Waals surface area contributed by atoms with E-state index in [-0.39, 0.29) is 30.0 Å². The highest BCUT2D eigenvalue weighted by Gasteiger charge is 2.37. The van der Waals surface area contributed by atoms with Crippen LogP contribution in [0.25, 0.3) is 10.6 Å². The molecule has 0 radical (unpaired) electrons. The maximum atomic E-state index is 13.0. The number of benzene rings is 1. The molecule has 0 bridgehead atoms. The predicted molar refractivity (Wildman–Crippen MR) is 105 cm³/mol. The van der Waals surface area contributed by atoms with E-state index in [4.69, 9.17) is 4.74 Å². The lowest BCUT2D eigenvalue weighted by atomic mass is 9.97. The van der Waals surface area contributed by atoms with Crippen LogP contribution in [0, 0.1) is 0 Å². The topological polar surface area (TPSA) is 105 Å². The minimum absolute atomic E-state index is 0.0173. The first-order chi connectivity index (χ1) is 14.2. The highest BCUT2D eigenvalue weighted by molar-refractivity contribution is 7.13. The van der Waals surface area contributed by atoms with Gasteiger partial charge in [-0.2, -0.15) is 0 Å². The highest BCUT2D eigenvalue weighted by atomic mass is 32.1. The number of halogens is 3. The Labute approximate surface area is 173 Å². The van der Waals surface area contributed by atoms with E-state index >= 15 is 0 Å². The summed E-state index contributed by atoms with van der Waals surface area (Å²) in [5.41, 5.74) is -0.961. The number of nitrogens with zero attached hydrogens (tertiary/aromatic N) is 2. The molecule has 162 valence electrons.